The second-order valence-electron chi connectivity index (χ2n) is 6.22. The van der Waals surface area contributed by atoms with E-state index in [1.165, 1.54) is 38.5 Å². The number of aryl methyl sites for hydroxylation is 1. The zero-order chi connectivity index (χ0) is 14.1. The Morgan fingerprint density at radius 1 is 1.20 bits per heavy atom. The van der Waals surface area contributed by atoms with Crippen LogP contribution in [0.1, 0.15) is 54.4 Å². The number of nitrogens with zero attached hydrogens (tertiary/aromatic N) is 1. The van der Waals surface area contributed by atoms with Crippen molar-refractivity contribution in [2.24, 2.45) is 5.92 Å². The Balaban J connectivity index is 1.83. The summed E-state index contributed by atoms with van der Waals surface area (Å²) < 4.78 is 1.07. The molecule has 0 spiro atoms. The molecule has 0 aromatic heterocycles. The molecular weight excluding hydrogens is 314 g/mol. The van der Waals surface area contributed by atoms with E-state index < -0.39 is 0 Å². The number of fused-ring (bicyclic) bond motifs is 1. The number of amides is 1. The molecule has 1 aliphatic heterocycles. The largest absolute Gasteiger partial charge is 0.335 e. The van der Waals surface area contributed by atoms with Crippen LogP contribution in [0.5, 0.6) is 0 Å². The Bertz CT molecular complexity index is 512. The molecule has 1 heterocycles. The van der Waals surface area contributed by atoms with Crippen LogP contribution in [0.4, 0.5) is 0 Å². The van der Waals surface area contributed by atoms with Gasteiger partial charge in [0.25, 0.3) is 5.91 Å². The highest BCUT2D eigenvalue weighted by atomic mass is 79.9. The zero-order valence-corrected chi connectivity index (χ0v) is 13.7. The third-order valence-corrected chi connectivity index (χ3v) is 5.80. The molecule has 1 saturated carbocycles. The number of rotatable bonds is 1. The van der Waals surface area contributed by atoms with Crippen molar-refractivity contribution in [1.82, 2.24) is 4.90 Å². The van der Waals surface area contributed by atoms with E-state index in [9.17, 15) is 4.79 Å². The minimum atomic E-state index is 0.234. The van der Waals surface area contributed by atoms with Gasteiger partial charge in [-0.1, -0.05) is 28.8 Å². The van der Waals surface area contributed by atoms with Crippen LogP contribution >= 0.6 is 15.9 Å². The van der Waals surface area contributed by atoms with Gasteiger partial charge in [0.1, 0.15) is 0 Å². The molecule has 3 heteroatoms. The lowest BCUT2D eigenvalue weighted by atomic mass is 9.78. The molecule has 0 radical (unpaired) electrons. The van der Waals surface area contributed by atoms with Gasteiger partial charge in [-0.3, -0.25) is 4.79 Å². The van der Waals surface area contributed by atoms with Gasteiger partial charge in [-0.15, -0.1) is 0 Å². The molecule has 1 saturated heterocycles. The van der Waals surface area contributed by atoms with E-state index in [1.54, 1.807) is 0 Å². The monoisotopic (exact) mass is 335 g/mol. The molecule has 3 rings (SSSR count). The fourth-order valence-electron chi connectivity index (χ4n) is 3.82. The van der Waals surface area contributed by atoms with Gasteiger partial charge in [-0.25, -0.2) is 0 Å². The number of piperidine rings is 1. The molecule has 0 bridgehead atoms. The summed E-state index contributed by atoms with van der Waals surface area (Å²) >= 11 is 3.51. The summed E-state index contributed by atoms with van der Waals surface area (Å²) in [6.07, 6.45) is 7.63. The van der Waals surface area contributed by atoms with Crippen molar-refractivity contribution in [3.8, 4) is 0 Å². The normalized spacial score (nSPS) is 26.2. The standard InChI is InChI=1S/C17H22BrNO/c1-12-11-14(8-9-15(12)18)17(20)19-10-4-6-13-5-2-3-7-16(13)19/h8-9,11,13,16H,2-7,10H2,1H3/t13-,16-/m1/s1. The average Bonchev–Trinajstić information content (AvgIpc) is 2.49. The summed E-state index contributed by atoms with van der Waals surface area (Å²) in [6.45, 7) is 2.98. The Kier molecular flexibility index (Phi) is 4.16. The van der Waals surface area contributed by atoms with E-state index in [1.807, 2.05) is 25.1 Å². The Morgan fingerprint density at radius 3 is 2.75 bits per heavy atom. The van der Waals surface area contributed by atoms with E-state index in [4.69, 9.17) is 0 Å². The van der Waals surface area contributed by atoms with E-state index in [0.29, 0.717) is 6.04 Å². The van der Waals surface area contributed by atoms with Gasteiger partial charge in [0.15, 0.2) is 0 Å². The van der Waals surface area contributed by atoms with Crippen LogP contribution in [0.15, 0.2) is 22.7 Å². The third kappa shape index (κ3) is 2.65. The zero-order valence-electron chi connectivity index (χ0n) is 12.1. The summed E-state index contributed by atoms with van der Waals surface area (Å²) in [4.78, 5) is 15.0. The predicted molar refractivity (Wildman–Crippen MR) is 84.9 cm³/mol. The maximum Gasteiger partial charge on any atom is 0.254 e. The number of benzene rings is 1. The van der Waals surface area contributed by atoms with E-state index in [-0.39, 0.29) is 5.91 Å². The maximum atomic E-state index is 12.8. The molecule has 0 unspecified atom stereocenters. The van der Waals surface area contributed by atoms with Crippen LogP contribution < -0.4 is 0 Å². The molecular formula is C17H22BrNO. The molecule has 2 nitrogen and oxygen atoms in total. The lowest BCUT2D eigenvalue weighted by Crippen LogP contribution is -2.49. The molecule has 2 fully saturated rings. The van der Waals surface area contributed by atoms with E-state index in [0.717, 1.165) is 28.1 Å². The van der Waals surface area contributed by atoms with Gasteiger partial charge in [0, 0.05) is 22.6 Å². The van der Waals surface area contributed by atoms with Gasteiger partial charge in [0.2, 0.25) is 0 Å². The highest BCUT2D eigenvalue weighted by molar-refractivity contribution is 9.10. The number of likely N-dealkylation sites (tertiary alicyclic amines) is 1. The number of hydrogen-bond acceptors (Lipinski definition) is 1. The first kappa shape index (κ1) is 14.1. The molecule has 0 N–H and O–H groups in total. The quantitative estimate of drug-likeness (QED) is 0.737. The third-order valence-electron chi connectivity index (χ3n) is 4.91. The van der Waals surface area contributed by atoms with Crippen molar-refractivity contribution in [3.05, 3.63) is 33.8 Å². The van der Waals surface area contributed by atoms with Gasteiger partial charge in [-0.05, 0) is 62.3 Å². The lowest BCUT2D eigenvalue weighted by Gasteiger charge is -2.44. The predicted octanol–water partition coefficient (Wildman–Crippen LogP) is 4.55. The van der Waals surface area contributed by atoms with Gasteiger partial charge >= 0.3 is 0 Å². The average molecular weight is 336 g/mol. The van der Waals surface area contributed by atoms with Crippen LogP contribution in [0.2, 0.25) is 0 Å². The first-order valence-electron chi connectivity index (χ1n) is 7.74. The van der Waals surface area contributed by atoms with Crippen molar-refractivity contribution in [3.63, 3.8) is 0 Å². The van der Waals surface area contributed by atoms with Crippen molar-refractivity contribution < 1.29 is 4.79 Å². The minimum Gasteiger partial charge on any atom is -0.335 e. The second-order valence-corrected chi connectivity index (χ2v) is 7.07. The molecule has 20 heavy (non-hydrogen) atoms. The number of carbonyl (C=O) groups excluding carboxylic acids is 1. The summed E-state index contributed by atoms with van der Waals surface area (Å²) in [5.41, 5.74) is 1.98. The summed E-state index contributed by atoms with van der Waals surface area (Å²) in [7, 11) is 0. The fraction of sp³-hybridized carbons (Fsp3) is 0.588. The van der Waals surface area contributed by atoms with Crippen molar-refractivity contribution >= 4 is 21.8 Å². The molecule has 2 atom stereocenters. The first-order valence-corrected chi connectivity index (χ1v) is 8.53. The number of halogens is 1. The highest BCUT2D eigenvalue weighted by Crippen LogP contribution is 2.36. The Hall–Kier alpha value is -0.830. The topological polar surface area (TPSA) is 20.3 Å². The fourth-order valence-corrected chi connectivity index (χ4v) is 4.07. The summed E-state index contributed by atoms with van der Waals surface area (Å²) in [5.74, 6) is 0.982. The van der Waals surface area contributed by atoms with Crippen LogP contribution in [0.25, 0.3) is 0 Å². The lowest BCUT2D eigenvalue weighted by molar-refractivity contribution is 0.0390. The molecule has 1 aliphatic carbocycles. The second kappa shape index (κ2) is 5.88. The molecule has 1 amide bonds. The maximum absolute atomic E-state index is 12.8. The van der Waals surface area contributed by atoms with Gasteiger partial charge in [0.05, 0.1) is 0 Å². The van der Waals surface area contributed by atoms with Gasteiger partial charge < -0.3 is 4.90 Å². The minimum absolute atomic E-state index is 0.234. The van der Waals surface area contributed by atoms with E-state index >= 15 is 0 Å². The van der Waals surface area contributed by atoms with Crippen molar-refractivity contribution in [2.75, 3.05) is 6.54 Å². The molecule has 1 aromatic carbocycles. The van der Waals surface area contributed by atoms with Crippen LogP contribution in [0, 0.1) is 12.8 Å². The van der Waals surface area contributed by atoms with Crippen molar-refractivity contribution in [1.29, 1.82) is 0 Å². The first-order chi connectivity index (χ1) is 9.66. The molecule has 108 valence electrons. The van der Waals surface area contributed by atoms with Gasteiger partial charge in [-0.2, -0.15) is 0 Å². The highest BCUT2D eigenvalue weighted by Gasteiger charge is 2.35. The Morgan fingerprint density at radius 2 is 1.95 bits per heavy atom. The van der Waals surface area contributed by atoms with E-state index in [2.05, 4.69) is 20.8 Å². The SMILES string of the molecule is Cc1cc(C(=O)N2CCC[C@H]3CCCC[C@H]32)ccc1Br. The van der Waals surface area contributed by atoms with Crippen molar-refractivity contribution in [2.45, 2.75) is 51.5 Å². The van der Waals surface area contributed by atoms with Crippen LogP contribution in [0.3, 0.4) is 0 Å². The van der Waals surface area contributed by atoms with Crippen LogP contribution in [-0.4, -0.2) is 23.4 Å². The van der Waals surface area contributed by atoms with Crippen LogP contribution in [-0.2, 0) is 0 Å². The number of hydrogen-bond donors (Lipinski definition) is 0. The molecule has 2 aliphatic rings. The number of carbonyl (C=O) groups is 1. The summed E-state index contributed by atoms with van der Waals surface area (Å²) in [6, 6.07) is 6.45. The smallest absolute Gasteiger partial charge is 0.254 e. The Labute approximate surface area is 129 Å². The summed E-state index contributed by atoms with van der Waals surface area (Å²) in [5, 5.41) is 0. The molecule has 1 aromatic rings.